The van der Waals surface area contributed by atoms with Gasteiger partial charge >= 0.3 is 0 Å². The third-order valence-corrected chi connectivity index (χ3v) is 5.24. The Morgan fingerprint density at radius 2 is 1.76 bits per heavy atom. The molecule has 4 rings (SSSR count). The molecular formula is C21H18Cl2N4O2. The number of rotatable bonds is 4. The summed E-state index contributed by atoms with van der Waals surface area (Å²) in [5.41, 5.74) is 1.91. The van der Waals surface area contributed by atoms with Crippen LogP contribution < -0.4 is 5.32 Å². The Morgan fingerprint density at radius 1 is 1.00 bits per heavy atom. The maximum atomic E-state index is 12.8. The predicted molar refractivity (Wildman–Crippen MR) is 113 cm³/mol. The summed E-state index contributed by atoms with van der Waals surface area (Å²) < 4.78 is 1.57. The molecule has 2 aromatic carbocycles. The van der Waals surface area contributed by atoms with Gasteiger partial charge in [-0.05, 0) is 49.2 Å². The Hall–Kier alpha value is -2.83. The number of nitrogens with zero attached hydrogens (tertiary/aromatic N) is 3. The Balaban J connectivity index is 1.57. The molecule has 3 aromatic rings. The summed E-state index contributed by atoms with van der Waals surface area (Å²) in [7, 11) is 0. The van der Waals surface area contributed by atoms with E-state index in [1.807, 2.05) is 12.1 Å². The van der Waals surface area contributed by atoms with Crippen LogP contribution in [0.1, 0.15) is 33.6 Å². The average molecular weight is 429 g/mol. The third-order valence-electron chi connectivity index (χ3n) is 4.77. The topological polar surface area (TPSA) is 67.2 Å². The fourth-order valence-corrected chi connectivity index (χ4v) is 3.64. The minimum atomic E-state index is -0.365. The molecule has 2 heterocycles. The van der Waals surface area contributed by atoms with Gasteiger partial charge in [0.15, 0.2) is 0 Å². The lowest BCUT2D eigenvalue weighted by molar-refractivity contribution is 0.0794. The number of amides is 2. The molecule has 1 fully saturated rings. The van der Waals surface area contributed by atoms with Crippen molar-refractivity contribution in [3.63, 3.8) is 0 Å². The fourth-order valence-electron chi connectivity index (χ4n) is 3.29. The molecule has 2 amide bonds. The van der Waals surface area contributed by atoms with Crippen molar-refractivity contribution >= 4 is 40.7 Å². The first-order valence-electron chi connectivity index (χ1n) is 9.22. The zero-order valence-corrected chi connectivity index (χ0v) is 17.0. The van der Waals surface area contributed by atoms with E-state index < -0.39 is 0 Å². The molecule has 8 heteroatoms. The molecule has 0 spiro atoms. The molecule has 0 atom stereocenters. The molecule has 1 N–H and O–H groups in total. The summed E-state index contributed by atoms with van der Waals surface area (Å²) in [5.74, 6) is -0.494. The van der Waals surface area contributed by atoms with Crippen LogP contribution in [-0.4, -0.2) is 39.6 Å². The molecule has 0 saturated carbocycles. The van der Waals surface area contributed by atoms with E-state index in [9.17, 15) is 9.59 Å². The van der Waals surface area contributed by atoms with Crippen molar-refractivity contribution in [3.8, 4) is 5.69 Å². The molecule has 29 heavy (non-hydrogen) atoms. The number of hydrogen-bond acceptors (Lipinski definition) is 3. The molecule has 0 radical (unpaired) electrons. The quantitative estimate of drug-likeness (QED) is 0.656. The summed E-state index contributed by atoms with van der Waals surface area (Å²) in [6.45, 7) is 1.43. The number of aromatic nitrogens is 2. The zero-order valence-electron chi connectivity index (χ0n) is 15.4. The molecular weight excluding hydrogens is 411 g/mol. The number of hydrogen-bond donors (Lipinski definition) is 1. The highest BCUT2D eigenvalue weighted by atomic mass is 35.5. The lowest BCUT2D eigenvalue weighted by Gasteiger charge is -2.18. The molecule has 0 bridgehead atoms. The van der Waals surface area contributed by atoms with Crippen LogP contribution in [0.3, 0.4) is 0 Å². The van der Waals surface area contributed by atoms with Gasteiger partial charge in [0.05, 0.1) is 28.7 Å². The van der Waals surface area contributed by atoms with E-state index in [1.165, 1.54) is 6.20 Å². The molecule has 148 valence electrons. The summed E-state index contributed by atoms with van der Waals surface area (Å²) in [6.07, 6.45) is 5.04. The first kappa shape index (κ1) is 19.5. The molecule has 1 saturated heterocycles. The Bertz CT molecular complexity index is 1070. The lowest BCUT2D eigenvalue weighted by atomic mass is 10.1. The van der Waals surface area contributed by atoms with Gasteiger partial charge in [-0.2, -0.15) is 5.10 Å². The van der Waals surface area contributed by atoms with Crippen LogP contribution in [0, 0.1) is 0 Å². The van der Waals surface area contributed by atoms with Crippen molar-refractivity contribution in [2.45, 2.75) is 12.8 Å². The van der Waals surface area contributed by atoms with Crippen molar-refractivity contribution in [2.75, 3.05) is 18.4 Å². The number of benzene rings is 2. The Labute approximate surface area is 178 Å². The summed E-state index contributed by atoms with van der Waals surface area (Å²) >= 11 is 12.1. The third kappa shape index (κ3) is 4.28. The predicted octanol–water partition coefficient (Wildman–Crippen LogP) is 4.67. The van der Waals surface area contributed by atoms with Gasteiger partial charge in [0.25, 0.3) is 11.8 Å². The standard InChI is InChI=1S/C21H18Cl2N4O2/c22-15-4-3-5-17(10-15)27-13-14(12-24-27)20(28)25-19-7-6-16(23)11-18(19)21(29)26-8-1-2-9-26/h3-7,10-13H,1-2,8-9H2,(H,25,28). The van der Waals surface area contributed by atoms with Crippen molar-refractivity contribution in [1.82, 2.24) is 14.7 Å². The Kier molecular flexibility index (Phi) is 5.56. The van der Waals surface area contributed by atoms with E-state index in [0.29, 0.717) is 39.9 Å². The first-order valence-corrected chi connectivity index (χ1v) is 9.97. The van der Waals surface area contributed by atoms with Crippen molar-refractivity contribution in [3.05, 3.63) is 76.0 Å². The largest absolute Gasteiger partial charge is 0.339 e. The second-order valence-corrected chi connectivity index (χ2v) is 7.67. The molecule has 1 aromatic heterocycles. The smallest absolute Gasteiger partial charge is 0.258 e. The van der Waals surface area contributed by atoms with Gasteiger partial charge in [-0.3, -0.25) is 9.59 Å². The van der Waals surface area contributed by atoms with E-state index in [4.69, 9.17) is 23.2 Å². The minimum Gasteiger partial charge on any atom is -0.339 e. The van der Waals surface area contributed by atoms with Crippen molar-refractivity contribution in [1.29, 1.82) is 0 Å². The van der Waals surface area contributed by atoms with Crippen molar-refractivity contribution in [2.24, 2.45) is 0 Å². The van der Waals surface area contributed by atoms with E-state index in [2.05, 4.69) is 10.4 Å². The van der Waals surface area contributed by atoms with Crippen LogP contribution in [0.5, 0.6) is 0 Å². The summed E-state index contributed by atoms with van der Waals surface area (Å²) in [4.78, 5) is 27.4. The average Bonchev–Trinajstić information content (AvgIpc) is 3.41. The van der Waals surface area contributed by atoms with Crippen LogP contribution in [0.25, 0.3) is 5.69 Å². The molecule has 0 unspecified atom stereocenters. The Morgan fingerprint density at radius 3 is 2.52 bits per heavy atom. The van der Waals surface area contributed by atoms with Crippen molar-refractivity contribution < 1.29 is 9.59 Å². The second kappa shape index (κ2) is 8.27. The number of likely N-dealkylation sites (tertiary alicyclic amines) is 1. The number of carbonyl (C=O) groups is 2. The number of halogens is 2. The van der Waals surface area contributed by atoms with Crippen LogP contribution >= 0.6 is 23.2 Å². The summed E-state index contributed by atoms with van der Waals surface area (Å²) in [5, 5.41) is 8.06. The van der Waals surface area contributed by atoms with E-state index in [0.717, 1.165) is 18.5 Å². The van der Waals surface area contributed by atoms with Gasteiger partial charge in [0, 0.05) is 29.3 Å². The number of carbonyl (C=O) groups excluding carboxylic acids is 2. The lowest BCUT2D eigenvalue weighted by Crippen LogP contribution is -2.28. The second-order valence-electron chi connectivity index (χ2n) is 6.80. The van der Waals surface area contributed by atoms with Crippen LogP contribution in [0.4, 0.5) is 5.69 Å². The molecule has 1 aliphatic heterocycles. The van der Waals surface area contributed by atoms with Crippen LogP contribution in [0.15, 0.2) is 54.9 Å². The monoisotopic (exact) mass is 428 g/mol. The van der Waals surface area contributed by atoms with Gasteiger partial charge in [-0.1, -0.05) is 29.3 Å². The van der Waals surface area contributed by atoms with Crippen LogP contribution in [0.2, 0.25) is 10.0 Å². The minimum absolute atomic E-state index is 0.130. The SMILES string of the molecule is O=C(Nc1ccc(Cl)cc1C(=O)N1CCCC1)c1cnn(-c2cccc(Cl)c2)c1. The van der Waals surface area contributed by atoms with Gasteiger partial charge in [-0.25, -0.2) is 4.68 Å². The van der Waals surface area contributed by atoms with Gasteiger partial charge in [0.2, 0.25) is 0 Å². The molecule has 1 aliphatic rings. The molecule has 0 aliphatic carbocycles. The van der Waals surface area contributed by atoms with Gasteiger partial charge in [-0.15, -0.1) is 0 Å². The zero-order chi connectivity index (χ0) is 20.4. The fraction of sp³-hybridized carbons (Fsp3) is 0.190. The first-order chi connectivity index (χ1) is 14.0. The summed E-state index contributed by atoms with van der Waals surface area (Å²) in [6, 6.07) is 12.0. The van der Waals surface area contributed by atoms with E-state index >= 15 is 0 Å². The van der Waals surface area contributed by atoms with Gasteiger partial charge < -0.3 is 10.2 Å². The molecule has 6 nitrogen and oxygen atoms in total. The van der Waals surface area contributed by atoms with Crippen LogP contribution in [-0.2, 0) is 0 Å². The maximum absolute atomic E-state index is 12.8. The highest BCUT2D eigenvalue weighted by Crippen LogP contribution is 2.25. The van der Waals surface area contributed by atoms with E-state index in [-0.39, 0.29) is 11.8 Å². The normalized spacial score (nSPS) is 13.5. The maximum Gasteiger partial charge on any atom is 0.258 e. The van der Waals surface area contributed by atoms with Gasteiger partial charge in [0.1, 0.15) is 0 Å². The van der Waals surface area contributed by atoms with E-state index in [1.54, 1.807) is 46.1 Å². The highest BCUT2D eigenvalue weighted by molar-refractivity contribution is 6.31. The number of anilines is 1. The highest BCUT2D eigenvalue weighted by Gasteiger charge is 2.23. The number of nitrogens with one attached hydrogen (secondary N) is 1.